The van der Waals surface area contributed by atoms with Gasteiger partial charge in [-0.3, -0.25) is 0 Å². The quantitative estimate of drug-likeness (QED) is 0.831. The number of nitrogens with one attached hydrogen (secondary N) is 1. The van der Waals surface area contributed by atoms with E-state index in [-0.39, 0.29) is 17.0 Å². The van der Waals surface area contributed by atoms with Crippen LogP contribution in [-0.4, -0.2) is 9.97 Å². The van der Waals surface area contributed by atoms with E-state index in [1.54, 1.807) is 0 Å². The zero-order chi connectivity index (χ0) is 7.40. The molecule has 1 aromatic rings. The van der Waals surface area contributed by atoms with Crippen LogP contribution in [0, 0.1) is 0 Å². The molecule has 64 valence electrons. The topological polar surface area (TPSA) is 28.7 Å². The number of rotatable bonds is 3. The SMILES string of the molecule is Br.CCCC(C)c1ncc[nH]1. The van der Waals surface area contributed by atoms with Crippen LogP contribution < -0.4 is 0 Å². The van der Waals surface area contributed by atoms with Gasteiger partial charge in [-0.2, -0.15) is 0 Å². The van der Waals surface area contributed by atoms with Gasteiger partial charge in [0, 0.05) is 18.3 Å². The van der Waals surface area contributed by atoms with E-state index in [0.717, 1.165) is 5.82 Å². The monoisotopic (exact) mass is 218 g/mol. The van der Waals surface area contributed by atoms with Crippen LogP contribution in [0.1, 0.15) is 38.4 Å². The third kappa shape index (κ3) is 3.06. The Morgan fingerprint density at radius 2 is 2.36 bits per heavy atom. The number of aromatic nitrogens is 2. The van der Waals surface area contributed by atoms with Crippen LogP contribution in [0.25, 0.3) is 0 Å². The van der Waals surface area contributed by atoms with Gasteiger partial charge in [-0.15, -0.1) is 17.0 Å². The van der Waals surface area contributed by atoms with Gasteiger partial charge in [-0.1, -0.05) is 20.3 Å². The van der Waals surface area contributed by atoms with E-state index in [1.807, 2.05) is 12.4 Å². The molecule has 0 spiro atoms. The molecule has 0 bridgehead atoms. The molecule has 2 nitrogen and oxygen atoms in total. The summed E-state index contributed by atoms with van der Waals surface area (Å²) in [5, 5.41) is 0. The van der Waals surface area contributed by atoms with Crippen LogP contribution in [0.4, 0.5) is 0 Å². The van der Waals surface area contributed by atoms with Crippen molar-refractivity contribution in [1.29, 1.82) is 0 Å². The first-order valence-corrected chi connectivity index (χ1v) is 3.84. The van der Waals surface area contributed by atoms with Gasteiger partial charge in [-0.05, 0) is 6.42 Å². The summed E-state index contributed by atoms with van der Waals surface area (Å²) in [6, 6.07) is 0. The molecule has 1 aromatic heterocycles. The van der Waals surface area contributed by atoms with E-state index < -0.39 is 0 Å². The van der Waals surface area contributed by atoms with Crippen molar-refractivity contribution in [2.24, 2.45) is 0 Å². The molecule has 0 radical (unpaired) electrons. The van der Waals surface area contributed by atoms with Gasteiger partial charge in [0.15, 0.2) is 0 Å². The molecule has 0 aromatic carbocycles. The van der Waals surface area contributed by atoms with Crippen molar-refractivity contribution in [2.45, 2.75) is 32.6 Å². The van der Waals surface area contributed by atoms with Crippen LogP contribution in [0.5, 0.6) is 0 Å². The normalized spacial score (nSPS) is 12.2. The predicted molar refractivity (Wildman–Crippen MR) is 52.2 cm³/mol. The second-order valence-corrected chi connectivity index (χ2v) is 2.66. The minimum atomic E-state index is 0. The lowest BCUT2D eigenvalue weighted by molar-refractivity contribution is 0.634. The lowest BCUT2D eigenvalue weighted by Gasteiger charge is -2.04. The molecule has 1 N–H and O–H groups in total. The number of halogens is 1. The zero-order valence-corrected chi connectivity index (χ0v) is 8.71. The Bertz CT molecular complexity index is 172. The molecule has 0 amide bonds. The van der Waals surface area contributed by atoms with Gasteiger partial charge >= 0.3 is 0 Å². The molecular formula is C8H15BrN2. The standard InChI is InChI=1S/C8H14N2.BrH/c1-3-4-7(2)8-9-5-6-10-8;/h5-7H,3-4H2,1-2H3,(H,9,10);1H. The summed E-state index contributed by atoms with van der Waals surface area (Å²) in [5.41, 5.74) is 0. The van der Waals surface area contributed by atoms with Gasteiger partial charge in [-0.25, -0.2) is 4.98 Å². The van der Waals surface area contributed by atoms with E-state index in [0.29, 0.717) is 5.92 Å². The highest BCUT2D eigenvalue weighted by Gasteiger charge is 2.04. The van der Waals surface area contributed by atoms with Crippen molar-refractivity contribution in [3.8, 4) is 0 Å². The number of nitrogens with zero attached hydrogens (tertiary/aromatic N) is 1. The summed E-state index contributed by atoms with van der Waals surface area (Å²) in [6.07, 6.45) is 6.12. The molecule has 0 saturated heterocycles. The first-order valence-electron chi connectivity index (χ1n) is 3.84. The lowest BCUT2D eigenvalue weighted by atomic mass is 10.1. The Kier molecular flexibility index (Phi) is 5.20. The highest BCUT2D eigenvalue weighted by Crippen LogP contribution is 2.15. The van der Waals surface area contributed by atoms with Crippen molar-refractivity contribution < 1.29 is 0 Å². The summed E-state index contributed by atoms with van der Waals surface area (Å²) in [5.74, 6) is 1.70. The maximum absolute atomic E-state index is 4.18. The highest BCUT2D eigenvalue weighted by atomic mass is 79.9. The van der Waals surface area contributed by atoms with Gasteiger partial charge in [0.05, 0.1) is 0 Å². The van der Waals surface area contributed by atoms with Crippen LogP contribution >= 0.6 is 17.0 Å². The van der Waals surface area contributed by atoms with Crippen molar-refractivity contribution >= 4 is 17.0 Å². The van der Waals surface area contributed by atoms with Crippen molar-refractivity contribution in [3.05, 3.63) is 18.2 Å². The third-order valence-electron chi connectivity index (χ3n) is 1.71. The Morgan fingerprint density at radius 3 is 2.82 bits per heavy atom. The summed E-state index contributed by atoms with van der Waals surface area (Å²) in [4.78, 5) is 7.29. The maximum Gasteiger partial charge on any atom is 0.108 e. The van der Waals surface area contributed by atoms with Gasteiger partial charge in [0.2, 0.25) is 0 Å². The molecule has 0 aliphatic rings. The first-order chi connectivity index (χ1) is 4.84. The Hall–Kier alpha value is -0.310. The number of aromatic amines is 1. The molecule has 0 aliphatic carbocycles. The number of imidazole rings is 1. The fourth-order valence-electron chi connectivity index (χ4n) is 1.12. The van der Waals surface area contributed by atoms with Crippen LogP contribution in [0.15, 0.2) is 12.4 Å². The summed E-state index contributed by atoms with van der Waals surface area (Å²) in [6.45, 7) is 4.39. The fourth-order valence-corrected chi connectivity index (χ4v) is 1.12. The fraction of sp³-hybridized carbons (Fsp3) is 0.625. The molecule has 11 heavy (non-hydrogen) atoms. The average molecular weight is 219 g/mol. The Balaban J connectivity index is 0.000001000. The average Bonchev–Trinajstić information content (AvgIpc) is 2.38. The Labute approximate surface area is 78.2 Å². The molecule has 1 heterocycles. The molecular weight excluding hydrogens is 204 g/mol. The number of hydrogen-bond acceptors (Lipinski definition) is 1. The van der Waals surface area contributed by atoms with Crippen LogP contribution in [0.3, 0.4) is 0 Å². The second kappa shape index (κ2) is 5.35. The van der Waals surface area contributed by atoms with Gasteiger partial charge < -0.3 is 4.98 Å². The second-order valence-electron chi connectivity index (χ2n) is 2.66. The van der Waals surface area contributed by atoms with Crippen molar-refractivity contribution in [2.75, 3.05) is 0 Å². The van der Waals surface area contributed by atoms with E-state index in [2.05, 4.69) is 23.8 Å². The van der Waals surface area contributed by atoms with E-state index in [1.165, 1.54) is 12.8 Å². The molecule has 0 fully saturated rings. The van der Waals surface area contributed by atoms with E-state index >= 15 is 0 Å². The minimum Gasteiger partial charge on any atom is -0.348 e. The number of H-pyrrole nitrogens is 1. The van der Waals surface area contributed by atoms with Crippen LogP contribution in [-0.2, 0) is 0 Å². The van der Waals surface area contributed by atoms with E-state index in [4.69, 9.17) is 0 Å². The smallest absolute Gasteiger partial charge is 0.108 e. The minimum absolute atomic E-state index is 0. The predicted octanol–water partition coefficient (Wildman–Crippen LogP) is 2.89. The molecule has 1 rings (SSSR count). The molecule has 3 heteroatoms. The molecule has 0 aliphatic heterocycles. The molecule has 1 atom stereocenters. The third-order valence-corrected chi connectivity index (χ3v) is 1.71. The van der Waals surface area contributed by atoms with Crippen molar-refractivity contribution in [1.82, 2.24) is 9.97 Å². The lowest BCUT2D eigenvalue weighted by Crippen LogP contribution is -1.94. The first kappa shape index (κ1) is 10.7. The van der Waals surface area contributed by atoms with Gasteiger partial charge in [0.25, 0.3) is 0 Å². The van der Waals surface area contributed by atoms with E-state index in [9.17, 15) is 0 Å². The maximum atomic E-state index is 4.18. The van der Waals surface area contributed by atoms with Crippen molar-refractivity contribution in [3.63, 3.8) is 0 Å². The summed E-state index contributed by atoms with van der Waals surface area (Å²) >= 11 is 0. The van der Waals surface area contributed by atoms with Crippen LogP contribution in [0.2, 0.25) is 0 Å². The highest BCUT2D eigenvalue weighted by molar-refractivity contribution is 8.93. The molecule has 0 saturated carbocycles. The van der Waals surface area contributed by atoms with Gasteiger partial charge in [0.1, 0.15) is 5.82 Å². The number of hydrogen-bond donors (Lipinski definition) is 1. The largest absolute Gasteiger partial charge is 0.348 e. The summed E-state index contributed by atoms with van der Waals surface area (Å²) in [7, 11) is 0. The zero-order valence-electron chi connectivity index (χ0n) is 7.00. The Morgan fingerprint density at radius 1 is 1.64 bits per heavy atom. The molecule has 1 unspecified atom stereocenters. The summed E-state index contributed by atoms with van der Waals surface area (Å²) < 4.78 is 0.